The Morgan fingerprint density at radius 3 is 2.65 bits per heavy atom. The summed E-state index contributed by atoms with van der Waals surface area (Å²) in [7, 11) is 0. The van der Waals surface area contributed by atoms with E-state index in [0.29, 0.717) is 26.2 Å². The van der Waals surface area contributed by atoms with E-state index >= 15 is 0 Å². The van der Waals surface area contributed by atoms with Gasteiger partial charge in [0.25, 0.3) is 0 Å². The van der Waals surface area contributed by atoms with Crippen LogP contribution in [0.25, 0.3) is 0 Å². The van der Waals surface area contributed by atoms with E-state index in [1.54, 1.807) is 4.90 Å². The predicted octanol–water partition coefficient (Wildman–Crippen LogP) is 0.391. The Morgan fingerprint density at radius 2 is 2.05 bits per heavy atom. The first-order valence-electron chi connectivity index (χ1n) is 6.83. The lowest BCUT2D eigenvalue weighted by Gasteiger charge is -2.50. The lowest BCUT2D eigenvalue weighted by molar-refractivity contribution is -0.161. The van der Waals surface area contributed by atoms with Crippen LogP contribution in [0.15, 0.2) is 0 Å². The number of aliphatic carboxylic acids is 1. The average molecular weight is 286 g/mol. The molecule has 20 heavy (non-hydrogen) atoms. The molecule has 2 atom stereocenters. The first kappa shape index (κ1) is 15.1. The van der Waals surface area contributed by atoms with Crippen molar-refractivity contribution in [2.75, 3.05) is 32.8 Å². The Kier molecular flexibility index (Phi) is 4.19. The number of likely N-dealkylation sites (tertiary alicyclic amines) is 1. The van der Waals surface area contributed by atoms with E-state index in [2.05, 4.69) is 0 Å². The lowest BCUT2D eigenvalue weighted by Crippen LogP contribution is -2.67. The third-order valence-electron chi connectivity index (χ3n) is 3.72. The van der Waals surface area contributed by atoms with Gasteiger partial charge in [-0.05, 0) is 20.8 Å². The van der Waals surface area contributed by atoms with Crippen molar-refractivity contribution in [2.24, 2.45) is 0 Å². The van der Waals surface area contributed by atoms with E-state index in [1.807, 2.05) is 25.7 Å². The molecule has 2 rings (SSSR count). The van der Waals surface area contributed by atoms with Gasteiger partial charge in [-0.1, -0.05) is 0 Å². The van der Waals surface area contributed by atoms with E-state index in [9.17, 15) is 9.59 Å². The summed E-state index contributed by atoms with van der Waals surface area (Å²) in [6.45, 7) is 7.40. The maximum atomic E-state index is 12.4. The monoisotopic (exact) mass is 286 g/mol. The number of amides is 2. The molecule has 0 aromatic carbocycles. The number of carboxylic acids is 1. The molecule has 0 spiro atoms. The van der Waals surface area contributed by atoms with Gasteiger partial charge in [0.1, 0.15) is 12.2 Å². The Labute approximate surface area is 118 Å². The molecule has 2 heterocycles. The van der Waals surface area contributed by atoms with Crippen LogP contribution < -0.4 is 0 Å². The fourth-order valence-electron chi connectivity index (χ4n) is 2.58. The zero-order chi connectivity index (χ0) is 14.9. The van der Waals surface area contributed by atoms with Crippen molar-refractivity contribution >= 4 is 12.0 Å². The summed E-state index contributed by atoms with van der Waals surface area (Å²) in [5.41, 5.74) is -0.546. The van der Waals surface area contributed by atoms with Crippen LogP contribution in [0.5, 0.6) is 0 Å². The Hall–Kier alpha value is -1.34. The fourth-order valence-corrected chi connectivity index (χ4v) is 2.58. The Bertz CT molecular complexity index is 394. The topological polar surface area (TPSA) is 79.3 Å². The van der Waals surface area contributed by atoms with Gasteiger partial charge in [-0.25, -0.2) is 9.59 Å². The van der Waals surface area contributed by atoms with Crippen molar-refractivity contribution in [3.05, 3.63) is 0 Å². The summed E-state index contributed by atoms with van der Waals surface area (Å²) in [5.74, 6) is -0.994. The molecule has 2 unspecified atom stereocenters. The number of rotatable bonds is 3. The zero-order valence-electron chi connectivity index (χ0n) is 12.2. The van der Waals surface area contributed by atoms with Crippen LogP contribution >= 0.6 is 0 Å². The third kappa shape index (κ3) is 3.21. The number of hydrogen-bond donors (Lipinski definition) is 1. The second-order valence-electron chi connectivity index (χ2n) is 5.92. The van der Waals surface area contributed by atoms with Crippen molar-refractivity contribution in [2.45, 2.75) is 38.5 Å². The Morgan fingerprint density at radius 1 is 1.40 bits per heavy atom. The highest BCUT2D eigenvalue weighted by Gasteiger charge is 2.45. The smallest absolute Gasteiger partial charge is 0.329 e. The maximum Gasteiger partial charge on any atom is 0.329 e. The number of ether oxygens (including phenoxy) is 2. The molecule has 7 heteroatoms. The molecule has 1 N–H and O–H groups in total. The highest BCUT2D eigenvalue weighted by atomic mass is 16.5. The van der Waals surface area contributed by atoms with Crippen molar-refractivity contribution < 1.29 is 24.2 Å². The van der Waals surface area contributed by atoms with Crippen molar-refractivity contribution in [1.82, 2.24) is 9.80 Å². The molecule has 0 aliphatic carbocycles. The van der Waals surface area contributed by atoms with Gasteiger partial charge in [0.05, 0.1) is 31.8 Å². The Balaban J connectivity index is 1.85. The number of carboxylic acid groups (broad SMARTS) is 1. The molecule has 0 aromatic rings. The summed E-state index contributed by atoms with van der Waals surface area (Å²) < 4.78 is 10.8. The van der Waals surface area contributed by atoms with Crippen molar-refractivity contribution in [3.63, 3.8) is 0 Å². The number of carbonyl (C=O) groups excluding carboxylic acids is 1. The van der Waals surface area contributed by atoms with Crippen LogP contribution in [0.2, 0.25) is 0 Å². The summed E-state index contributed by atoms with van der Waals surface area (Å²) in [4.78, 5) is 26.4. The second-order valence-corrected chi connectivity index (χ2v) is 5.92. The summed E-state index contributed by atoms with van der Waals surface area (Å²) in [6.07, 6.45) is 0.0473. The van der Waals surface area contributed by atoms with Gasteiger partial charge in [-0.2, -0.15) is 0 Å². The van der Waals surface area contributed by atoms with Gasteiger partial charge in [0.2, 0.25) is 0 Å². The molecule has 2 saturated heterocycles. The van der Waals surface area contributed by atoms with Gasteiger partial charge in [-0.15, -0.1) is 0 Å². The van der Waals surface area contributed by atoms with E-state index in [1.165, 1.54) is 0 Å². The molecule has 2 aliphatic rings. The molecule has 7 nitrogen and oxygen atoms in total. The minimum absolute atomic E-state index is 0.0240. The van der Waals surface area contributed by atoms with Gasteiger partial charge in [0, 0.05) is 6.54 Å². The largest absolute Gasteiger partial charge is 0.480 e. The minimum Gasteiger partial charge on any atom is -0.480 e. The van der Waals surface area contributed by atoms with Gasteiger partial charge in [-0.3, -0.25) is 0 Å². The maximum absolute atomic E-state index is 12.4. The number of carbonyl (C=O) groups is 2. The highest BCUT2D eigenvalue weighted by Crippen LogP contribution is 2.27. The molecule has 2 amide bonds. The number of nitrogens with zero attached hydrogens (tertiary/aromatic N) is 2. The van der Waals surface area contributed by atoms with E-state index in [4.69, 9.17) is 14.6 Å². The van der Waals surface area contributed by atoms with Crippen LogP contribution in [-0.4, -0.2) is 77.5 Å². The zero-order valence-corrected chi connectivity index (χ0v) is 12.2. The second kappa shape index (κ2) is 5.57. The van der Waals surface area contributed by atoms with E-state index in [-0.39, 0.29) is 24.8 Å². The SMILES string of the molecule is CC1CN(C(=O)N2CC(C)(OCC(=O)O)C2)C(C)CO1. The molecule has 0 bridgehead atoms. The highest BCUT2D eigenvalue weighted by molar-refractivity contribution is 5.76. The first-order chi connectivity index (χ1) is 9.31. The normalized spacial score (nSPS) is 28.9. The van der Waals surface area contributed by atoms with Crippen LogP contribution in [0.1, 0.15) is 20.8 Å². The molecule has 2 aliphatic heterocycles. The van der Waals surface area contributed by atoms with Crippen LogP contribution in [0.4, 0.5) is 4.79 Å². The minimum atomic E-state index is -0.994. The summed E-state index contributed by atoms with van der Waals surface area (Å²) in [6, 6.07) is 0.0366. The number of hydrogen-bond acceptors (Lipinski definition) is 4. The lowest BCUT2D eigenvalue weighted by atomic mass is 9.96. The van der Waals surface area contributed by atoms with Gasteiger partial charge in [0.15, 0.2) is 0 Å². The van der Waals surface area contributed by atoms with Crippen LogP contribution in [0.3, 0.4) is 0 Å². The van der Waals surface area contributed by atoms with Crippen molar-refractivity contribution in [3.8, 4) is 0 Å². The van der Waals surface area contributed by atoms with E-state index in [0.717, 1.165) is 0 Å². The van der Waals surface area contributed by atoms with Gasteiger partial charge >= 0.3 is 12.0 Å². The fraction of sp³-hybridized carbons (Fsp3) is 0.846. The molecule has 2 fully saturated rings. The van der Waals surface area contributed by atoms with Crippen LogP contribution in [-0.2, 0) is 14.3 Å². The standard InChI is InChI=1S/C13H22N2O5/c1-9-5-19-10(2)4-15(9)12(18)14-7-13(3,8-14)20-6-11(16)17/h9-10H,4-8H2,1-3H3,(H,16,17). The molecule has 0 radical (unpaired) electrons. The first-order valence-corrected chi connectivity index (χ1v) is 6.83. The molecule has 0 aromatic heterocycles. The predicted molar refractivity (Wildman–Crippen MR) is 70.5 cm³/mol. The molecular weight excluding hydrogens is 264 g/mol. The molecule has 114 valence electrons. The quantitative estimate of drug-likeness (QED) is 0.812. The average Bonchev–Trinajstić information content (AvgIpc) is 2.35. The van der Waals surface area contributed by atoms with Gasteiger partial charge < -0.3 is 24.4 Å². The third-order valence-corrected chi connectivity index (χ3v) is 3.72. The molecular formula is C13H22N2O5. The number of morpholine rings is 1. The summed E-state index contributed by atoms with van der Waals surface area (Å²) >= 11 is 0. The van der Waals surface area contributed by atoms with Crippen LogP contribution in [0, 0.1) is 0 Å². The van der Waals surface area contributed by atoms with Crippen molar-refractivity contribution in [1.29, 1.82) is 0 Å². The van der Waals surface area contributed by atoms with E-state index < -0.39 is 11.6 Å². The molecule has 0 saturated carbocycles. The summed E-state index contributed by atoms with van der Waals surface area (Å²) in [5, 5.41) is 8.61. The number of urea groups is 1.